The minimum Gasteiger partial charge on any atom is -0.406 e. The van der Waals surface area contributed by atoms with E-state index in [0.717, 1.165) is 24.3 Å². The molecular weight excluding hydrogens is 444 g/mol. The van der Waals surface area contributed by atoms with E-state index in [1.165, 1.54) is 24.3 Å². The molecule has 0 saturated carbocycles. The van der Waals surface area contributed by atoms with Crippen LogP contribution in [-0.2, 0) is 0 Å². The molecular formula is C22H16F4N4O3. The Labute approximate surface area is 185 Å². The number of aliphatic hydroxyl groups excluding tert-OH is 1. The average Bonchev–Trinajstić information content (AvgIpc) is 2.77. The maximum absolute atomic E-state index is 14.0. The number of alkyl halides is 3. The molecule has 33 heavy (non-hydrogen) atoms. The lowest BCUT2D eigenvalue weighted by atomic mass is 10.1. The summed E-state index contributed by atoms with van der Waals surface area (Å²) in [7, 11) is 0. The van der Waals surface area contributed by atoms with E-state index in [1.807, 2.05) is 6.07 Å². The van der Waals surface area contributed by atoms with Gasteiger partial charge in [-0.2, -0.15) is 5.26 Å². The Kier molecular flexibility index (Phi) is 6.89. The maximum Gasteiger partial charge on any atom is 0.573 e. The van der Waals surface area contributed by atoms with E-state index in [-0.39, 0.29) is 34.9 Å². The molecule has 0 aliphatic carbocycles. The Bertz CT molecular complexity index is 1210. The van der Waals surface area contributed by atoms with Crippen LogP contribution < -0.4 is 10.1 Å². The van der Waals surface area contributed by atoms with Crippen LogP contribution in [0.25, 0.3) is 22.6 Å². The van der Waals surface area contributed by atoms with Gasteiger partial charge < -0.3 is 15.2 Å². The number of amides is 1. The molecule has 0 fully saturated rings. The van der Waals surface area contributed by atoms with Crippen molar-refractivity contribution in [2.45, 2.75) is 19.3 Å². The van der Waals surface area contributed by atoms with E-state index in [4.69, 9.17) is 5.26 Å². The number of aromatic nitrogens is 2. The highest BCUT2D eigenvalue weighted by atomic mass is 19.4. The number of rotatable bonds is 6. The molecule has 0 bridgehead atoms. The number of aliphatic hydroxyl groups is 1. The van der Waals surface area contributed by atoms with Crippen molar-refractivity contribution >= 4 is 5.91 Å². The lowest BCUT2D eigenvalue weighted by Crippen LogP contribution is -2.35. The smallest absolute Gasteiger partial charge is 0.406 e. The van der Waals surface area contributed by atoms with E-state index in [9.17, 15) is 27.5 Å². The van der Waals surface area contributed by atoms with E-state index in [1.54, 1.807) is 6.92 Å². The van der Waals surface area contributed by atoms with Crippen LogP contribution in [0.2, 0.25) is 0 Å². The number of carbonyl (C=O) groups is 1. The predicted molar refractivity (Wildman–Crippen MR) is 108 cm³/mol. The Morgan fingerprint density at radius 3 is 2.45 bits per heavy atom. The molecule has 11 heteroatoms. The summed E-state index contributed by atoms with van der Waals surface area (Å²) < 4.78 is 55.1. The monoisotopic (exact) mass is 460 g/mol. The molecule has 0 unspecified atom stereocenters. The summed E-state index contributed by atoms with van der Waals surface area (Å²) >= 11 is 0. The fraction of sp³-hybridized carbons (Fsp3) is 0.182. The highest BCUT2D eigenvalue weighted by Gasteiger charge is 2.31. The van der Waals surface area contributed by atoms with E-state index >= 15 is 0 Å². The first-order valence-electron chi connectivity index (χ1n) is 9.46. The van der Waals surface area contributed by atoms with E-state index in [0.29, 0.717) is 5.56 Å². The third kappa shape index (κ3) is 6.24. The third-order valence-corrected chi connectivity index (χ3v) is 4.28. The van der Waals surface area contributed by atoms with Gasteiger partial charge in [-0.25, -0.2) is 14.4 Å². The predicted octanol–water partition coefficient (Wildman–Crippen LogP) is 3.83. The van der Waals surface area contributed by atoms with Gasteiger partial charge in [0.05, 0.1) is 23.9 Å². The SMILES string of the molecule is C[C@@H](CO)NC(=O)c1cc(-c2ccc(OC(F)(F)F)cc2)nc(-c2cc(F)cc(C#N)c2)n1. The standard InChI is InChI=1S/C22H16F4N4O3/c1-12(11-31)28-21(32)19-9-18(14-2-4-17(5-3-14)33-22(24,25)26)29-20(30-19)15-6-13(10-27)7-16(23)8-15/h2-9,12,31H,11H2,1H3,(H,28,32)/t12-/m0/s1. The molecule has 0 spiro atoms. The molecule has 2 N–H and O–H groups in total. The molecule has 1 amide bonds. The first-order valence-corrected chi connectivity index (χ1v) is 9.46. The van der Waals surface area contributed by atoms with Gasteiger partial charge in [0.25, 0.3) is 5.91 Å². The fourth-order valence-corrected chi connectivity index (χ4v) is 2.79. The second kappa shape index (κ2) is 9.62. The van der Waals surface area contributed by atoms with Crippen LogP contribution in [-0.4, -0.2) is 40.0 Å². The Balaban J connectivity index is 2.09. The zero-order valence-corrected chi connectivity index (χ0v) is 17.0. The Hall–Kier alpha value is -4.04. The summed E-state index contributed by atoms with van der Waals surface area (Å²) in [5, 5.41) is 20.8. The molecule has 3 aromatic rings. The number of hydrogen-bond donors (Lipinski definition) is 2. The lowest BCUT2D eigenvalue weighted by molar-refractivity contribution is -0.274. The van der Waals surface area contributed by atoms with Gasteiger partial charge in [0.15, 0.2) is 5.82 Å². The van der Waals surface area contributed by atoms with Crippen molar-refractivity contribution in [1.29, 1.82) is 5.26 Å². The van der Waals surface area contributed by atoms with Gasteiger partial charge in [0, 0.05) is 17.2 Å². The molecule has 1 heterocycles. The normalized spacial score (nSPS) is 12.0. The summed E-state index contributed by atoms with van der Waals surface area (Å²) in [5.74, 6) is -1.90. The number of benzene rings is 2. The summed E-state index contributed by atoms with van der Waals surface area (Å²) in [6, 6.07) is 10.7. The molecule has 7 nitrogen and oxygen atoms in total. The molecule has 0 radical (unpaired) electrons. The van der Waals surface area contributed by atoms with E-state index in [2.05, 4.69) is 20.0 Å². The molecule has 0 aliphatic heterocycles. The zero-order chi connectivity index (χ0) is 24.2. The van der Waals surface area contributed by atoms with Gasteiger partial charge in [0.1, 0.15) is 17.3 Å². The van der Waals surface area contributed by atoms with Gasteiger partial charge in [-0.3, -0.25) is 4.79 Å². The van der Waals surface area contributed by atoms with Crippen molar-refractivity contribution in [2.24, 2.45) is 0 Å². The van der Waals surface area contributed by atoms with Gasteiger partial charge >= 0.3 is 6.36 Å². The Morgan fingerprint density at radius 2 is 1.85 bits per heavy atom. The van der Waals surface area contributed by atoms with Crippen molar-refractivity contribution in [2.75, 3.05) is 6.61 Å². The summed E-state index contributed by atoms with van der Waals surface area (Å²) in [5.41, 5.74) is 0.480. The summed E-state index contributed by atoms with van der Waals surface area (Å²) in [6.07, 6.45) is -4.85. The molecule has 2 aromatic carbocycles. The zero-order valence-electron chi connectivity index (χ0n) is 17.0. The topological polar surface area (TPSA) is 108 Å². The minimum absolute atomic E-state index is 0.00700. The van der Waals surface area contributed by atoms with Gasteiger partial charge in [-0.05, 0) is 55.5 Å². The molecule has 0 saturated heterocycles. The Morgan fingerprint density at radius 1 is 1.15 bits per heavy atom. The van der Waals surface area contributed by atoms with Crippen LogP contribution in [0, 0.1) is 17.1 Å². The van der Waals surface area contributed by atoms with Gasteiger partial charge in [-0.15, -0.1) is 13.2 Å². The molecule has 1 aromatic heterocycles. The highest BCUT2D eigenvalue weighted by Crippen LogP contribution is 2.28. The van der Waals surface area contributed by atoms with Crippen LogP contribution in [0.15, 0.2) is 48.5 Å². The number of nitrogens with one attached hydrogen (secondary N) is 1. The van der Waals surface area contributed by atoms with Crippen LogP contribution in [0.4, 0.5) is 17.6 Å². The van der Waals surface area contributed by atoms with Crippen molar-refractivity contribution < 1.29 is 32.2 Å². The second-order valence-corrected chi connectivity index (χ2v) is 6.93. The molecule has 0 aliphatic rings. The highest BCUT2D eigenvalue weighted by molar-refractivity contribution is 5.94. The van der Waals surface area contributed by atoms with E-state index < -0.39 is 29.9 Å². The second-order valence-electron chi connectivity index (χ2n) is 6.93. The largest absolute Gasteiger partial charge is 0.573 e. The minimum atomic E-state index is -4.85. The quantitative estimate of drug-likeness (QED) is 0.542. The van der Waals surface area contributed by atoms with Gasteiger partial charge in [-0.1, -0.05) is 0 Å². The number of carbonyl (C=O) groups excluding carboxylic acids is 1. The average molecular weight is 460 g/mol. The lowest BCUT2D eigenvalue weighted by Gasteiger charge is -2.13. The van der Waals surface area contributed by atoms with Crippen LogP contribution in [0.1, 0.15) is 23.0 Å². The maximum atomic E-state index is 14.0. The number of ether oxygens (including phenoxy) is 1. The van der Waals surface area contributed by atoms with Crippen molar-refractivity contribution in [3.05, 3.63) is 65.6 Å². The van der Waals surface area contributed by atoms with Crippen molar-refractivity contribution in [1.82, 2.24) is 15.3 Å². The van der Waals surface area contributed by atoms with Crippen LogP contribution >= 0.6 is 0 Å². The first-order chi connectivity index (χ1) is 15.6. The number of nitriles is 1. The number of nitrogens with zero attached hydrogens (tertiary/aromatic N) is 3. The van der Waals surface area contributed by atoms with Gasteiger partial charge in [0.2, 0.25) is 0 Å². The van der Waals surface area contributed by atoms with Crippen molar-refractivity contribution in [3.8, 4) is 34.5 Å². The summed E-state index contributed by atoms with van der Waals surface area (Å²) in [4.78, 5) is 21.0. The molecule has 170 valence electrons. The number of halogens is 4. The third-order valence-electron chi connectivity index (χ3n) is 4.28. The van der Waals surface area contributed by atoms with Crippen molar-refractivity contribution in [3.63, 3.8) is 0 Å². The number of hydrogen-bond acceptors (Lipinski definition) is 6. The molecule has 1 atom stereocenters. The fourth-order valence-electron chi connectivity index (χ4n) is 2.79. The van der Waals surface area contributed by atoms with Crippen LogP contribution in [0.5, 0.6) is 5.75 Å². The molecule has 3 rings (SSSR count). The first kappa shape index (κ1) is 23.6. The summed E-state index contributed by atoms with van der Waals surface area (Å²) in [6.45, 7) is 1.23. The van der Waals surface area contributed by atoms with Crippen LogP contribution in [0.3, 0.4) is 0 Å².